The van der Waals surface area contributed by atoms with Crippen LogP contribution in [-0.2, 0) is 0 Å². The van der Waals surface area contributed by atoms with Crippen LogP contribution in [0.3, 0.4) is 0 Å². The Bertz CT molecular complexity index is 960. The second-order valence-corrected chi connectivity index (χ2v) is 8.31. The first-order valence-electron chi connectivity index (χ1n) is 9.50. The predicted octanol–water partition coefficient (Wildman–Crippen LogP) is 4.12. The molecule has 1 N–H and O–H groups in total. The largest absolute Gasteiger partial charge is 0.435 e. The number of thiazole rings is 1. The van der Waals surface area contributed by atoms with E-state index in [2.05, 4.69) is 27.2 Å². The third-order valence-electron chi connectivity index (χ3n) is 5.99. The fraction of sp³-hybridized carbons (Fsp3) is 0.450. The highest BCUT2D eigenvalue weighted by Crippen LogP contribution is 2.33. The quantitative estimate of drug-likeness (QED) is 0.692. The summed E-state index contributed by atoms with van der Waals surface area (Å²) in [6, 6.07) is 6.90. The maximum Gasteiger partial charge on any atom is 0.253 e. The minimum Gasteiger partial charge on any atom is -0.435 e. The van der Waals surface area contributed by atoms with Crippen LogP contribution < -0.4 is 5.32 Å². The minimum absolute atomic E-state index is 0. The molecular formula is C20H23ClN4O2S. The number of nitrogens with one attached hydrogen (secondary N) is 1. The molecule has 8 heteroatoms. The van der Waals surface area contributed by atoms with Crippen LogP contribution in [0.1, 0.15) is 42.5 Å². The molecule has 0 aliphatic carbocycles. The van der Waals surface area contributed by atoms with E-state index < -0.39 is 0 Å². The van der Waals surface area contributed by atoms with Crippen LogP contribution in [0.5, 0.6) is 0 Å². The summed E-state index contributed by atoms with van der Waals surface area (Å²) in [5.74, 6) is 0.395. The van der Waals surface area contributed by atoms with Gasteiger partial charge < -0.3 is 14.6 Å². The first-order valence-corrected chi connectivity index (χ1v) is 10.4. The summed E-state index contributed by atoms with van der Waals surface area (Å²) in [5.41, 5.74) is 4.24. The molecule has 2 aromatic heterocycles. The first-order chi connectivity index (χ1) is 13.2. The number of aromatic nitrogens is 2. The van der Waals surface area contributed by atoms with Crippen molar-refractivity contribution in [2.75, 3.05) is 7.05 Å². The van der Waals surface area contributed by atoms with Gasteiger partial charge in [0.1, 0.15) is 11.2 Å². The number of para-hydroxylation sites is 1. The van der Waals surface area contributed by atoms with E-state index in [1.54, 1.807) is 5.51 Å². The van der Waals surface area contributed by atoms with Crippen LogP contribution in [0.4, 0.5) is 0 Å². The van der Waals surface area contributed by atoms with Crippen molar-refractivity contribution in [1.29, 1.82) is 0 Å². The van der Waals surface area contributed by atoms with Gasteiger partial charge in [-0.05, 0) is 44.9 Å². The molecule has 3 aromatic rings. The molecule has 5 rings (SSSR count). The van der Waals surface area contributed by atoms with Gasteiger partial charge in [-0.15, -0.1) is 23.7 Å². The van der Waals surface area contributed by atoms with Crippen LogP contribution in [0.25, 0.3) is 22.7 Å². The Morgan fingerprint density at radius 2 is 2.07 bits per heavy atom. The number of halogens is 1. The van der Waals surface area contributed by atoms with Crippen molar-refractivity contribution in [1.82, 2.24) is 20.2 Å². The van der Waals surface area contributed by atoms with Crippen molar-refractivity contribution < 1.29 is 9.21 Å². The highest BCUT2D eigenvalue weighted by atomic mass is 35.5. The normalized spacial score (nSPS) is 24.7. The second-order valence-electron chi connectivity index (χ2n) is 7.59. The second kappa shape index (κ2) is 7.81. The van der Waals surface area contributed by atoms with Crippen molar-refractivity contribution in [3.05, 3.63) is 34.7 Å². The Morgan fingerprint density at radius 3 is 2.79 bits per heavy atom. The Balaban J connectivity index is 0.00000192. The fourth-order valence-corrected chi connectivity index (χ4v) is 5.08. The smallest absolute Gasteiger partial charge is 0.253 e. The molecular weight excluding hydrogens is 396 g/mol. The fourth-order valence-electron chi connectivity index (χ4n) is 4.56. The van der Waals surface area contributed by atoms with E-state index in [4.69, 9.17) is 4.42 Å². The van der Waals surface area contributed by atoms with Gasteiger partial charge >= 0.3 is 0 Å². The molecule has 28 heavy (non-hydrogen) atoms. The number of amides is 1. The standard InChI is InChI=1S/C20H22N4O2S.ClH/c1-24-13-4-2-5-14(24)9-12(8-13)22-19(25)15-6-3-7-17-18(15)23-20(26-17)16-10-27-11-21-16;/h3,6-7,10-14H,2,4-5,8-9H2,1H3,(H,22,25);1H. The number of carbonyl (C=O) groups is 1. The van der Waals surface area contributed by atoms with E-state index in [0.717, 1.165) is 12.8 Å². The maximum atomic E-state index is 13.0. The summed E-state index contributed by atoms with van der Waals surface area (Å²) >= 11 is 1.49. The summed E-state index contributed by atoms with van der Waals surface area (Å²) in [4.78, 5) is 24.3. The Kier molecular flexibility index (Phi) is 5.40. The average Bonchev–Trinajstić information content (AvgIpc) is 3.31. The Hall–Kier alpha value is -1.96. The van der Waals surface area contributed by atoms with Gasteiger partial charge in [-0.3, -0.25) is 4.79 Å². The minimum atomic E-state index is -0.0636. The summed E-state index contributed by atoms with van der Waals surface area (Å²) in [5, 5.41) is 5.15. The first kappa shape index (κ1) is 19.4. The number of nitrogens with zero attached hydrogens (tertiary/aromatic N) is 3. The molecule has 0 spiro atoms. The van der Waals surface area contributed by atoms with E-state index >= 15 is 0 Å². The Morgan fingerprint density at radius 1 is 1.29 bits per heavy atom. The van der Waals surface area contributed by atoms with Crippen LogP contribution in [0.2, 0.25) is 0 Å². The van der Waals surface area contributed by atoms with Crippen molar-refractivity contribution in [3.63, 3.8) is 0 Å². The number of piperidine rings is 2. The number of hydrogen-bond donors (Lipinski definition) is 1. The summed E-state index contributed by atoms with van der Waals surface area (Å²) < 4.78 is 5.81. The van der Waals surface area contributed by atoms with Crippen LogP contribution >= 0.6 is 23.7 Å². The lowest BCUT2D eigenvalue weighted by molar-refractivity contribution is 0.0463. The molecule has 6 nitrogen and oxygen atoms in total. The van der Waals surface area contributed by atoms with E-state index in [1.807, 2.05) is 23.6 Å². The molecule has 2 saturated heterocycles. The third kappa shape index (κ3) is 3.43. The predicted molar refractivity (Wildman–Crippen MR) is 112 cm³/mol. The maximum absolute atomic E-state index is 13.0. The zero-order valence-electron chi connectivity index (χ0n) is 15.6. The molecule has 2 atom stereocenters. The van der Waals surface area contributed by atoms with Crippen LogP contribution in [0, 0.1) is 0 Å². The molecule has 0 radical (unpaired) electrons. The molecule has 2 fully saturated rings. The van der Waals surface area contributed by atoms with Crippen molar-refractivity contribution in [2.24, 2.45) is 0 Å². The van der Waals surface area contributed by atoms with Gasteiger partial charge in [0.05, 0.1) is 11.1 Å². The summed E-state index contributed by atoms with van der Waals surface area (Å²) in [6.45, 7) is 0. The lowest BCUT2D eigenvalue weighted by Gasteiger charge is -2.47. The Labute approximate surface area is 173 Å². The van der Waals surface area contributed by atoms with Gasteiger partial charge in [-0.25, -0.2) is 9.97 Å². The number of carbonyl (C=O) groups excluding carboxylic acids is 1. The molecule has 2 bridgehead atoms. The molecule has 0 saturated carbocycles. The number of rotatable bonds is 3. The molecule has 2 unspecified atom stereocenters. The average molecular weight is 419 g/mol. The SMILES string of the molecule is CN1C2CCCC1CC(NC(=O)c1cccc3oc(-c4cscn4)nc13)C2.Cl. The molecule has 1 aromatic carbocycles. The van der Waals surface area contributed by atoms with Crippen molar-refractivity contribution >= 4 is 40.8 Å². The number of oxazole rings is 1. The summed E-state index contributed by atoms with van der Waals surface area (Å²) in [6.07, 6.45) is 5.82. The highest BCUT2D eigenvalue weighted by molar-refractivity contribution is 7.07. The van der Waals surface area contributed by atoms with E-state index in [-0.39, 0.29) is 24.4 Å². The van der Waals surface area contributed by atoms with E-state index in [9.17, 15) is 4.79 Å². The van der Waals surface area contributed by atoms with Gasteiger partial charge in [-0.1, -0.05) is 12.5 Å². The molecule has 148 valence electrons. The van der Waals surface area contributed by atoms with Gasteiger partial charge in [0.15, 0.2) is 5.58 Å². The zero-order valence-corrected chi connectivity index (χ0v) is 17.3. The van der Waals surface area contributed by atoms with Gasteiger partial charge in [0, 0.05) is 23.5 Å². The summed E-state index contributed by atoms with van der Waals surface area (Å²) in [7, 11) is 2.22. The van der Waals surface area contributed by atoms with E-state index in [0.29, 0.717) is 40.3 Å². The number of hydrogen-bond acceptors (Lipinski definition) is 6. The zero-order chi connectivity index (χ0) is 18.4. The van der Waals surface area contributed by atoms with Crippen molar-refractivity contribution in [2.45, 2.75) is 50.2 Å². The van der Waals surface area contributed by atoms with Gasteiger partial charge in [0.25, 0.3) is 5.91 Å². The molecule has 1 amide bonds. The van der Waals surface area contributed by atoms with Crippen LogP contribution in [0.15, 0.2) is 33.5 Å². The lowest BCUT2D eigenvalue weighted by Crippen LogP contribution is -2.55. The van der Waals surface area contributed by atoms with Gasteiger partial charge in [0.2, 0.25) is 5.89 Å². The van der Waals surface area contributed by atoms with E-state index in [1.165, 1.54) is 30.6 Å². The third-order valence-corrected chi connectivity index (χ3v) is 6.58. The van der Waals surface area contributed by atoms with Crippen molar-refractivity contribution in [3.8, 4) is 11.6 Å². The molecule has 2 aliphatic heterocycles. The monoisotopic (exact) mass is 418 g/mol. The lowest BCUT2D eigenvalue weighted by atomic mass is 9.82. The number of fused-ring (bicyclic) bond motifs is 3. The number of benzene rings is 1. The van der Waals surface area contributed by atoms with Gasteiger partial charge in [-0.2, -0.15) is 0 Å². The molecule has 2 aliphatic rings. The van der Waals surface area contributed by atoms with Crippen LogP contribution in [-0.4, -0.2) is 45.9 Å². The topological polar surface area (TPSA) is 71.3 Å². The molecule has 4 heterocycles. The highest BCUT2D eigenvalue weighted by Gasteiger charge is 2.36.